The molecule has 0 saturated carbocycles. The Kier molecular flexibility index (Phi) is 2.53. The number of rotatable bonds is 2. The first-order valence-electron chi connectivity index (χ1n) is 3.36. The van der Waals surface area contributed by atoms with Crippen molar-refractivity contribution in [2.45, 2.75) is 13.8 Å². The van der Waals surface area contributed by atoms with Crippen molar-refractivity contribution in [3.8, 4) is 0 Å². The molecule has 0 atom stereocenters. The molecule has 60 valence electrons. The summed E-state index contributed by atoms with van der Waals surface area (Å²) < 4.78 is 2.04. The Morgan fingerprint density at radius 2 is 2.55 bits per heavy atom. The zero-order valence-electron chi connectivity index (χ0n) is 6.48. The van der Waals surface area contributed by atoms with E-state index in [4.69, 9.17) is 12.2 Å². The maximum Gasteiger partial charge on any atom is 0.216 e. The fraction of sp³-hybridized carbons (Fsp3) is 0.500. The van der Waals surface area contributed by atoms with Gasteiger partial charge in [-0.25, -0.2) is 0 Å². The molecule has 0 amide bonds. The fourth-order valence-corrected chi connectivity index (χ4v) is 0.677. The van der Waals surface area contributed by atoms with Crippen LogP contribution >= 0.6 is 12.2 Å². The van der Waals surface area contributed by atoms with E-state index in [1.54, 1.807) is 6.33 Å². The third kappa shape index (κ3) is 2.27. The molecule has 0 radical (unpaired) electrons. The van der Waals surface area contributed by atoms with Crippen molar-refractivity contribution in [1.82, 2.24) is 14.9 Å². The Balaban J connectivity index is 2.79. The van der Waals surface area contributed by atoms with Crippen molar-refractivity contribution < 1.29 is 0 Å². The molecular formula is C6H10N4S. The number of nitrogens with zero attached hydrogens (tertiary/aromatic N) is 3. The van der Waals surface area contributed by atoms with Gasteiger partial charge in [0, 0.05) is 6.21 Å². The molecule has 0 saturated heterocycles. The van der Waals surface area contributed by atoms with Crippen molar-refractivity contribution in [3.63, 3.8) is 0 Å². The molecule has 0 aliphatic heterocycles. The highest BCUT2D eigenvalue weighted by molar-refractivity contribution is 7.71. The number of H-pyrrole nitrogens is 1. The number of aromatic nitrogens is 3. The van der Waals surface area contributed by atoms with Crippen LogP contribution in [0.2, 0.25) is 0 Å². The predicted octanol–water partition coefficient (Wildman–Crippen LogP) is 1.43. The van der Waals surface area contributed by atoms with Crippen LogP contribution in [0.5, 0.6) is 0 Å². The summed E-state index contributed by atoms with van der Waals surface area (Å²) >= 11 is 4.87. The SMILES string of the molecule is CC(C)/C=N/n1cn[nH]c1=S. The lowest BCUT2D eigenvalue weighted by molar-refractivity contribution is 0.823. The van der Waals surface area contributed by atoms with Gasteiger partial charge in [0.15, 0.2) is 0 Å². The first kappa shape index (κ1) is 8.13. The van der Waals surface area contributed by atoms with Crippen LogP contribution < -0.4 is 0 Å². The molecule has 1 aromatic rings. The highest BCUT2D eigenvalue weighted by Gasteiger charge is 1.88. The normalized spacial score (nSPS) is 11.5. The standard InChI is InChI=1S/C6H10N4S/c1-5(2)3-8-10-4-7-9-6(10)11/h3-5H,1-2H3,(H,9,11)/b8-3+. The summed E-state index contributed by atoms with van der Waals surface area (Å²) in [4.78, 5) is 0. The molecule has 0 fully saturated rings. The van der Waals surface area contributed by atoms with Gasteiger partial charge in [-0.1, -0.05) is 13.8 Å². The smallest absolute Gasteiger partial charge is 0.216 e. The van der Waals surface area contributed by atoms with Gasteiger partial charge in [-0.2, -0.15) is 14.9 Å². The van der Waals surface area contributed by atoms with Crippen molar-refractivity contribution in [3.05, 3.63) is 11.1 Å². The second-order valence-electron chi connectivity index (χ2n) is 2.51. The van der Waals surface area contributed by atoms with Gasteiger partial charge < -0.3 is 0 Å². The highest BCUT2D eigenvalue weighted by Crippen LogP contribution is 1.89. The van der Waals surface area contributed by atoms with Crippen molar-refractivity contribution >= 4 is 18.4 Å². The summed E-state index contributed by atoms with van der Waals surface area (Å²) in [5, 5.41) is 10.4. The van der Waals surface area contributed by atoms with E-state index in [1.165, 1.54) is 4.68 Å². The first-order valence-corrected chi connectivity index (χ1v) is 3.77. The Bertz CT molecular complexity index is 296. The zero-order chi connectivity index (χ0) is 8.27. The second-order valence-corrected chi connectivity index (χ2v) is 2.90. The van der Waals surface area contributed by atoms with Crippen LogP contribution in [0.3, 0.4) is 0 Å². The van der Waals surface area contributed by atoms with Gasteiger partial charge in [-0.05, 0) is 18.1 Å². The van der Waals surface area contributed by atoms with Crippen LogP contribution in [0.25, 0.3) is 0 Å². The second kappa shape index (κ2) is 3.43. The predicted molar refractivity (Wildman–Crippen MR) is 46.1 cm³/mol. The molecule has 11 heavy (non-hydrogen) atoms. The minimum Gasteiger partial charge on any atom is -0.250 e. The molecule has 0 spiro atoms. The summed E-state index contributed by atoms with van der Waals surface area (Å²) in [6.07, 6.45) is 3.35. The Labute approximate surface area is 69.9 Å². The van der Waals surface area contributed by atoms with Crippen molar-refractivity contribution in [1.29, 1.82) is 0 Å². The number of nitrogens with one attached hydrogen (secondary N) is 1. The average molecular weight is 170 g/mol. The lowest BCUT2D eigenvalue weighted by atomic mass is 10.3. The van der Waals surface area contributed by atoms with Gasteiger partial charge in [0.2, 0.25) is 4.77 Å². The molecule has 1 heterocycles. The van der Waals surface area contributed by atoms with E-state index in [9.17, 15) is 0 Å². The van der Waals surface area contributed by atoms with Crippen LogP contribution in [-0.2, 0) is 0 Å². The zero-order valence-corrected chi connectivity index (χ0v) is 7.30. The number of hydrogen-bond donors (Lipinski definition) is 1. The molecule has 1 rings (SSSR count). The lowest BCUT2D eigenvalue weighted by Gasteiger charge is -1.92. The molecule has 0 aliphatic rings. The Morgan fingerprint density at radius 1 is 1.82 bits per heavy atom. The molecular weight excluding hydrogens is 160 g/mol. The molecule has 4 nitrogen and oxygen atoms in total. The molecule has 0 aromatic carbocycles. The Hall–Kier alpha value is -0.970. The van der Waals surface area contributed by atoms with Crippen molar-refractivity contribution in [2.75, 3.05) is 0 Å². The summed E-state index contributed by atoms with van der Waals surface area (Å²) in [5.41, 5.74) is 0. The van der Waals surface area contributed by atoms with E-state index in [2.05, 4.69) is 15.3 Å². The minimum atomic E-state index is 0.423. The van der Waals surface area contributed by atoms with Crippen LogP contribution in [0.15, 0.2) is 11.4 Å². The van der Waals surface area contributed by atoms with Gasteiger partial charge in [-0.15, -0.1) is 0 Å². The van der Waals surface area contributed by atoms with Crippen molar-refractivity contribution in [2.24, 2.45) is 11.0 Å². The molecule has 1 N–H and O–H groups in total. The summed E-state index contributed by atoms with van der Waals surface area (Å²) in [7, 11) is 0. The topological polar surface area (TPSA) is 46.0 Å². The minimum absolute atomic E-state index is 0.423. The summed E-state index contributed by atoms with van der Waals surface area (Å²) in [5.74, 6) is 0.423. The van der Waals surface area contributed by atoms with Crippen LogP contribution in [0.1, 0.15) is 13.8 Å². The van der Waals surface area contributed by atoms with E-state index in [-0.39, 0.29) is 0 Å². The van der Waals surface area contributed by atoms with Crippen LogP contribution in [0, 0.1) is 10.7 Å². The number of aromatic amines is 1. The molecule has 0 unspecified atom stereocenters. The highest BCUT2D eigenvalue weighted by atomic mass is 32.1. The van der Waals surface area contributed by atoms with Gasteiger partial charge >= 0.3 is 0 Å². The molecule has 1 aromatic heterocycles. The van der Waals surface area contributed by atoms with E-state index >= 15 is 0 Å². The fourth-order valence-electron chi connectivity index (χ4n) is 0.530. The summed E-state index contributed by atoms with van der Waals surface area (Å²) in [6, 6.07) is 0. The Morgan fingerprint density at radius 3 is 3.00 bits per heavy atom. The lowest BCUT2D eigenvalue weighted by Crippen LogP contribution is -1.92. The molecule has 5 heteroatoms. The largest absolute Gasteiger partial charge is 0.250 e. The van der Waals surface area contributed by atoms with E-state index in [0.29, 0.717) is 10.7 Å². The maximum absolute atomic E-state index is 4.87. The van der Waals surface area contributed by atoms with Gasteiger partial charge in [0.1, 0.15) is 6.33 Å². The number of hydrogen-bond acceptors (Lipinski definition) is 3. The molecule has 0 aliphatic carbocycles. The quantitative estimate of drug-likeness (QED) is 0.539. The monoisotopic (exact) mass is 170 g/mol. The average Bonchev–Trinajstić information content (AvgIpc) is 2.31. The van der Waals surface area contributed by atoms with Crippen LogP contribution in [-0.4, -0.2) is 21.1 Å². The van der Waals surface area contributed by atoms with E-state index < -0.39 is 0 Å². The van der Waals surface area contributed by atoms with Crippen LogP contribution in [0.4, 0.5) is 0 Å². The molecule has 0 bridgehead atoms. The third-order valence-corrected chi connectivity index (χ3v) is 1.30. The third-order valence-electron chi connectivity index (χ3n) is 1.02. The summed E-state index contributed by atoms with van der Waals surface area (Å²) in [6.45, 7) is 4.10. The first-order chi connectivity index (χ1) is 5.20. The maximum atomic E-state index is 4.87. The van der Waals surface area contributed by atoms with E-state index in [0.717, 1.165) is 0 Å². The van der Waals surface area contributed by atoms with Gasteiger partial charge in [0.05, 0.1) is 0 Å². The van der Waals surface area contributed by atoms with E-state index in [1.807, 2.05) is 20.1 Å². The van der Waals surface area contributed by atoms with Gasteiger partial charge in [-0.3, -0.25) is 5.10 Å². The van der Waals surface area contributed by atoms with Gasteiger partial charge in [0.25, 0.3) is 0 Å².